The van der Waals surface area contributed by atoms with Crippen LogP contribution in [0.4, 0.5) is 5.69 Å². The predicted molar refractivity (Wildman–Crippen MR) is 90.3 cm³/mol. The Hall–Kier alpha value is -1.88. The third-order valence-electron chi connectivity index (χ3n) is 4.95. The van der Waals surface area contributed by atoms with Gasteiger partial charge in [0.15, 0.2) is 0 Å². The number of hydrogen-bond donors (Lipinski definition) is 2. The fourth-order valence-corrected chi connectivity index (χ4v) is 3.14. The van der Waals surface area contributed by atoms with E-state index in [9.17, 15) is 9.59 Å². The summed E-state index contributed by atoms with van der Waals surface area (Å²) in [6.07, 6.45) is 3.36. The molecule has 0 radical (unpaired) electrons. The quantitative estimate of drug-likeness (QED) is 0.894. The van der Waals surface area contributed by atoms with E-state index in [4.69, 9.17) is 0 Å². The topological polar surface area (TPSA) is 61.4 Å². The second kappa shape index (κ2) is 7.13. The van der Waals surface area contributed by atoms with E-state index in [0.29, 0.717) is 17.2 Å². The molecule has 2 N–H and O–H groups in total. The van der Waals surface area contributed by atoms with Crippen LogP contribution in [0, 0.1) is 11.8 Å². The third kappa shape index (κ3) is 3.72. The van der Waals surface area contributed by atoms with E-state index in [2.05, 4.69) is 10.6 Å². The summed E-state index contributed by atoms with van der Waals surface area (Å²) in [6, 6.07) is 7.30. The number of carbonyl (C=O) groups excluding carboxylic acids is 2. The lowest BCUT2D eigenvalue weighted by molar-refractivity contribution is -0.121. The number of likely N-dealkylation sites (tertiary alicyclic amines) is 1. The van der Waals surface area contributed by atoms with E-state index >= 15 is 0 Å². The Morgan fingerprint density at radius 1 is 1.22 bits per heavy atom. The lowest BCUT2D eigenvalue weighted by atomic mass is 9.88. The fourth-order valence-electron chi connectivity index (χ4n) is 3.14. The van der Waals surface area contributed by atoms with Crippen LogP contribution in [-0.2, 0) is 4.79 Å². The summed E-state index contributed by atoms with van der Waals surface area (Å²) in [7, 11) is 0. The van der Waals surface area contributed by atoms with Gasteiger partial charge in [-0.3, -0.25) is 9.59 Å². The second-order valence-electron chi connectivity index (χ2n) is 6.63. The highest BCUT2D eigenvalue weighted by Crippen LogP contribution is 2.20. The molecule has 2 saturated heterocycles. The largest absolute Gasteiger partial charge is 0.339 e. The second-order valence-corrected chi connectivity index (χ2v) is 6.63. The van der Waals surface area contributed by atoms with Gasteiger partial charge >= 0.3 is 0 Å². The zero-order chi connectivity index (χ0) is 16.2. The molecule has 0 aromatic heterocycles. The molecule has 0 saturated carbocycles. The molecule has 2 fully saturated rings. The lowest BCUT2D eigenvalue weighted by Gasteiger charge is -2.31. The number of benzene rings is 1. The monoisotopic (exact) mass is 315 g/mol. The number of amides is 2. The first kappa shape index (κ1) is 16.0. The van der Waals surface area contributed by atoms with Gasteiger partial charge in [-0.15, -0.1) is 0 Å². The zero-order valence-electron chi connectivity index (χ0n) is 13.7. The lowest BCUT2D eigenvalue weighted by Crippen LogP contribution is -2.48. The minimum atomic E-state index is -0.0160. The Balaban J connectivity index is 1.64. The Morgan fingerprint density at radius 2 is 1.96 bits per heavy atom. The number of hydrogen-bond acceptors (Lipinski definition) is 3. The Labute approximate surface area is 137 Å². The molecule has 0 bridgehead atoms. The molecule has 1 unspecified atom stereocenters. The van der Waals surface area contributed by atoms with Crippen LogP contribution >= 0.6 is 0 Å². The molecule has 0 spiro atoms. The van der Waals surface area contributed by atoms with Crippen molar-refractivity contribution in [1.29, 1.82) is 0 Å². The molecule has 124 valence electrons. The van der Waals surface area contributed by atoms with Crippen molar-refractivity contribution in [3.05, 3.63) is 29.8 Å². The molecule has 2 aliphatic heterocycles. The molecule has 5 heteroatoms. The van der Waals surface area contributed by atoms with E-state index in [1.807, 2.05) is 30.0 Å². The SMILES string of the molecule is CC(C(=O)Nc1cccc(C(=O)N2CCCCC2)c1)C1CNC1. The molecule has 2 amide bonds. The van der Waals surface area contributed by atoms with Gasteiger partial charge in [-0.1, -0.05) is 13.0 Å². The zero-order valence-corrected chi connectivity index (χ0v) is 13.7. The molecule has 0 aliphatic carbocycles. The minimum absolute atomic E-state index is 0.0160. The first-order chi connectivity index (χ1) is 11.1. The van der Waals surface area contributed by atoms with Crippen LogP contribution in [-0.4, -0.2) is 42.9 Å². The van der Waals surface area contributed by atoms with E-state index in [1.165, 1.54) is 6.42 Å². The van der Waals surface area contributed by atoms with Gasteiger partial charge in [-0.25, -0.2) is 0 Å². The van der Waals surface area contributed by atoms with Gasteiger partial charge in [0.05, 0.1) is 0 Å². The third-order valence-corrected chi connectivity index (χ3v) is 4.95. The van der Waals surface area contributed by atoms with Crippen LogP contribution in [0.5, 0.6) is 0 Å². The van der Waals surface area contributed by atoms with Crippen molar-refractivity contribution in [1.82, 2.24) is 10.2 Å². The van der Waals surface area contributed by atoms with Gasteiger partial charge in [0, 0.05) is 30.3 Å². The van der Waals surface area contributed by atoms with E-state index in [-0.39, 0.29) is 17.7 Å². The normalized spacial score (nSPS) is 19.8. The Kier molecular flexibility index (Phi) is 4.96. The summed E-state index contributed by atoms with van der Waals surface area (Å²) in [5.74, 6) is 0.488. The summed E-state index contributed by atoms with van der Waals surface area (Å²) in [5.41, 5.74) is 1.36. The van der Waals surface area contributed by atoms with E-state index in [0.717, 1.165) is 39.0 Å². The summed E-state index contributed by atoms with van der Waals surface area (Å²) < 4.78 is 0. The predicted octanol–water partition coefficient (Wildman–Crippen LogP) is 2.11. The Bertz CT molecular complexity index is 577. The standard InChI is InChI=1S/C18H25N3O2/c1-13(15-11-19-12-15)17(22)20-16-7-5-6-14(10-16)18(23)21-8-3-2-4-9-21/h5-7,10,13,15,19H,2-4,8-9,11-12H2,1H3,(H,20,22). The average molecular weight is 315 g/mol. The molecule has 1 aromatic carbocycles. The van der Waals surface area contributed by atoms with Crippen molar-refractivity contribution in [2.45, 2.75) is 26.2 Å². The number of nitrogens with zero attached hydrogens (tertiary/aromatic N) is 1. The van der Waals surface area contributed by atoms with Crippen LogP contribution in [0.3, 0.4) is 0 Å². The summed E-state index contributed by atoms with van der Waals surface area (Å²) in [4.78, 5) is 26.7. The number of anilines is 1. The van der Waals surface area contributed by atoms with Crippen LogP contribution in [0.1, 0.15) is 36.5 Å². The number of carbonyl (C=O) groups is 2. The Morgan fingerprint density at radius 3 is 2.61 bits per heavy atom. The van der Waals surface area contributed by atoms with Crippen molar-refractivity contribution < 1.29 is 9.59 Å². The molecule has 2 aliphatic rings. The number of piperidine rings is 1. The maximum Gasteiger partial charge on any atom is 0.253 e. The fraction of sp³-hybridized carbons (Fsp3) is 0.556. The van der Waals surface area contributed by atoms with Gasteiger partial charge < -0.3 is 15.5 Å². The summed E-state index contributed by atoms with van der Waals surface area (Å²) in [5, 5.41) is 6.14. The molecule has 1 atom stereocenters. The number of rotatable bonds is 4. The molecule has 3 rings (SSSR count). The van der Waals surface area contributed by atoms with Crippen molar-refractivity contribution >= 4 is 17.5 Å². The van der Waals surface area contributed by atoms with Gasteiger partial charge in [0.25, 0.3) is 5.91 Å². The first-order valence-corrected chi connectivity index (χ1v) is 8.56. The van der Waals surface area contributed by atoms with Gasteiger partial charge in [-0.2, -0.15) is 0 Å². The highest BCUT2D eigenvalue weighted by Gasteiger charge is 2.28. The molecular formula is C18H25N3O2. The van der Waals surface area contributed by atoms with Crippen molar-refractivity contribution in [3.63, 3.8) is 0 Å². The van der Waals surface area contributed by atoms with Crippen molar-refractivity contribution in [2.75, 3.05) is 31.5 Å². The van der Waals surface area contributed by atoms with Crippen LogP contribution in [0.25, 0.3) is 0 Å². The maximum absolute atomic E-state index is 12.5. The maximum atomic E-state index is 12.5. The van der Waals surface area contributed by atoms with E-state index in [1.54, 1.807) is 6.07 Å². The molecular weight excluding hydrogens is 290 g/mol. The summed E-state index contributed by atoms with van der Waals surface area (Å²) in [6.45, 7) is 5.44. The molecule has 2 heterocycles. The van der Waals surface area contributed by atoms with Gasteiger partial charge in [0.1, 0.15) is 0 Å². The van der Waals surface area contributed by atoms with Crippen LogP contribution in [0.15, 0.2) is 24.3 Å². The highest BCUT2D eigenvalue weighted by atomic mass is 16.2. The van der Waals surface area contributed by atoms with E-state index < -0.39 is 0 Å². The van der Waals surface area contributed by atoms with Gasteiger partial charge in [-0.05, 0) is 56.5 Å². The first-order valence-electron chi connectivity index (χ1n) is 8.56. The molecule has 5 nitrogen and oxygen atoms in total. The van der Waals surface area contributed by atoms with Crippen molar-refractivity contribution in [3.8, 4) is 0 Å². The number of nitrogens with one attached hydrogen (secondary N) is 2. The minimum Gasteiger partial charge on any atom is -0.339 e. The summed E-state index contributed by atoms with van der Waals surface area (Å²) >= 11 is 0. The smallest absolute Gasteiger partial charge is 0.253 e. The molecule has 1 aromatic rings. The average Bonchev–Trinajstić information content (AvgIpc) is 2.53. The van der Waals surface area contributed by atoms with Crippen LogP contribution in [0.2, 0.25) is 0 Å². The van der Waals surface area contributed by atoms with Crippen LogP contribution < -0.4 is 10.6 Å². The van der Waals surface area contributed by atoms with Gasteiger partial charge in [0.2, 0.25) is 5.91 Å². The highest BCUT2D eigenvalue weighted by molar-refractivity contribution is 5.97. The van der Waals surface area contributed by atoms with Crippen molar-refractivity contribution in [2.24, 2.45) is 11.8 Å². The molecule has 23 heavy (non-hydrogen) atoms.